The molecule has 214 valence electrons. The normalized spacial score (nSPS) is 17.2. The van der Waals surface area contributed by atoms with E-state index in [0.717, 1.165) is 17.0 Å². The number of aromatic nitrogens is 1. The molecule has 0 bridgehead atoms. The number of aldehydes is 1. The van der Waals surface area contributed by atoms with Crippen molar-refractivity contribution in [2.45, 2.75) is 24.0 Å². The van der Waals surface area contributed by atoms with Crippen LogP contribution in [-0.4, -0.2) is 44.8 Å². The molecule has 1 aliphatic heterocycles. The van der Waals surface area contributed by atoms with E-state index in [0.29, 0.717) is 29.0 Å². The third kappa shape index (κ3) is 5.75. The monoisotopic (exact) mass is 605 g/mol. The number of anilines is 2. The molecule has 40 heavy (non-hydrogen) atoms. The van der Waals surface area contributed by atoms with Crippen LogP contribution in [0.4, 0.5) is 37.8 Å². The number of methoxy groups -OCH3 is 2. The lowest BCUT2D eigenvalue weighted by molar-refractivity contribution is -0.207. The first kappa shape index (κ1) is 29.7. The van der Waals surface area contributed by atoms with Gasteiger partial charge in [0.1, 0.15) is 44.8 Å². The highest BCUT2D eigenvalue weighted by Gasteiger charge is 2.58. The van der Waals surface area contributed by atoms with Crippen LogP contribution in [0.25, 0.3) is 0 Å². The number of carbonyl (C=O) groups excluding carboxylic acids is 1. The maximum absolute atomic E-state index is 15.5. The first-order valence-corrected chi connectivity index (χ1v) is 12.8. The van der Waals surface area contributed by atoms with Crippen LogP contribution in [-0.2, 0) is 11.3 Å². The van der Waals surface area contributed by atoms with E-state index in [1.54, 1.807) is 18.2 Å². The average molecular weight is 606 g/mol. The number of hydrogen-bond donors (Lipinski definition) is 0. The van der Waals surface area contributed by atoms with Crippen LogP contribution >= 0.6 is 23.5 Å². The average Bonchev–Trinajstić information content (AvgIpc) is 3.38. The van der Waals surface area contributed by atoms with E-state index >= 15 is 8.78 Å². The summed E-state index contributed by atoms with van der Waals surface area (Å²) in [4.78, 5) is 15.6. The molecular weight excluding hydrogens is 584 g/mol. The van der Waals surface area contributed by atoms with Crippen molar-refractivity contribution >= 4 is 41.3 Å². The zero-order chi connectivity index (χ0) is 29.2. The number of nitrogens with zero attached hydrogens (tertiary/aromatic N) is 3. The molecule has 1 saturated heterocycles. The van der Waals surface area contributed by atoms with Gasteiger partial charge in [-0.2, -0.15) is 17.6 Å². The maximum Gasteiger partial charge on any atom is 0.402 e. The molecule has 3 aromatic rings. The molecule has 14 heteroatoms. The van der Waals surface area contributed by atoms with Gasteiger partial charge in [-0.25, -0.2) is 13.8 Å². The zero-order valence-corrected chi connectivity index (χ0v) is 22.6. The van der Waals surface area contributed by atoms with Crippen molar-refractivity contribution < 1.29 is 40.6 Å². The molecule has 2 heterocycles. The summed E-state index contributed by atoms with van der Waals surface area (Å²) >= 11 is 6.73. The van der Waals surface area contributed by atoms with Gasteiger partial charge in [-0.15, -0.1) is 0 Å². The number of carbonyl (C=O) groups is 1. The molecule has 1 aliphatic rings. The van der Waals surface area contributed by atoms with Gasteiger partial charge in [-0.3, -0.25) is 4.31 Å². The lowest BCUT2D eigenvalue weighted by atomic mass is 9.88. The van der Waals surface area contributed by atoms with E-state index in [1.807, 2.05) is 0 Å². The van der Waals surface area contributed by atoms with Gasteiger partial charge in [-0.1, -0.05) is 17.7 Å². The quantitative estimate of drug-likeness (QED) is 0.0870. The van der Waals surface area contributed by atoms with E-state index in [4.69, 9.17) is 21.1 Å². The van der Waals surface area contributed by atoms with Crippen molar-refractivity contribution in [2.75, 3.05) is 36.5 Å². The van der Waals surface area contributed by atoms with Crippen molar-refractivity contribution in [3.63, 3.8) is 0 Å². The smallest absolute Gasteiger partial charge is 0.402 e. The fourth-order valence-electron chi connectivity index (χ4n) is 4.26. The number of rotatable bonds is 9. The number of halogens is 7. The van der Waals surface area contributed by atoms with Crippen molar-refractivity contribution in [3.05, 3.63) is 70.6 Å². The minimum absolute atomic E-state index is 0.0161. The predicted octanol–water partition coefficient (Wildman–Crippen LogP) is 6.84. The lowest BCUT2D eigenvalue weighted by Gasteiger charge is -2.28. The Bertz CT molecular complexity index is 1410. The Hall–Kier alpha value is -3.32. The molecule has 2 aromatic carbocycles. The summed E-state index contributed by atoms with van der Waals surface area (Å²) in [6.07, 6.45) is -5.61. The molecule has 1 fully saturated rings. The minimum atomic E-state index is -4.84. The summed E-state index contributed by atoms with van der Waals surface area (Å²) in [6, 6.07) is 9.61. The molecule has 1 atom stereocenters. The van der Waals surface area contributed by atoms with E-state index in [2.05, 4.69) is 4.98 Å². The van der Waals surface area contributed by atoms with Gasteiger partial charge in [0, 0.05) is 30.8 Å². The van der Waals surface area contributed by atoms with Crippen LogP contribution in [0.5, 0.6) is 11.5 Å². The van der Waals surface area contributed by atoms with Crippen LogP contribution in [0, 0.1) is 23.0 Å². The lowest BCUT2D eigenvalue weighted by Crippen LogP contribution is -2.42. The van der Waals surface area contributed by atoms with Crippen molar-refractivity contribution in [1.82, 2.24) is 4.98 Å². The first-order chi connectivity index (χ1) is 18.9. The van der Waals surface area contributed by atoms with Gasteiger partial charge in [-0.05, 0) is 42.6 Å². The highest BCUT2D eigenvalue weighted by atomic mass is 35.5. The van der Waals surface area contributed by atoms with E-state index in [-0.39, 0.29) is 30.9 Å². The summed E-state index contributed by atoms with van der Waals surface area (Å²) in [5.74, 6) is -2.30. The predicted molar refractivity (Wildman–Crippen MR) is 139 cm³/mol. The van der Waals surface area contributed by atoms with Gasteiger partial charge >= 0.3 is 6.18 Å². The third-order valence-corrected chi connectivity index (χ3v) is 7.95. The number of alkyl halides is 3. The highest BCUT2D eigenvalue weighted by molar-refractivity contribution is 8.00. The molecule has 0 spiro atoms. The molecule has 1 aromatic heterocycles. The summed E-state index contributed by atoms with van der Waals surface area (Å²) in [5.41, 5.74) is -2.45. The molecule has 0 aliphatic carbocycles. The van der Waals surface area contributed by atoms with E-state index in [1.165, 1.54) is 30.7 Å². The van der Waals surface area contributed by atoms with Crippen molar-refractivity contribution in [1.29, 1.82) is 0 Å². The molecule has 1 unspecified atom stereocenters. The summed E-state index contributed by atoms with van der Waals surface area (Å²) in [7, 11) is 2.89. The van der Waals surface area contributed by atoms with Gasteiger partial charge in [0.15, 0.2) is 5.82 Å². The van der Waals surface area contributed by atoms with Gasteiger partial charge in [0.2, 0.25) is 5.95 Å². The van der Waals surface area contributed by atoms with Gasteiger partial charge in [0.25, 0.3) is 0 Å². The summed E-state index contributed by atoms with van der Waals surface area (Å²) in [5, 5.41) is -0.623. The second-order valence-corrected chi connectivity index (χ2v) is 10.3. The molecule has 0 amide bonds. The minimum Gasteiger partial charge on any atom is -0.497 e. The number of pyridine rings is 1. The van der Waals surface area contributed by atoms with Gasteiger partial charge in [0.05, 0.1) is 26.5 Å². The van der Waals surface area contributed by atoms with Crippen LogP contribution in [0.15, 0.2) is 47.4 Å². The fourth-order valence-corrected chi connectivity index (χ4v) is 5.53. The fraction of sp³-hybridized carbons (Fsp3) is 0.308. The summed E-state index contributed by atoms with van der Waals surface area (Å²) in [6.45, 7) is -1.19. The Morgan fingerprint density at radius 1 is 1.15 bits per heavy atom. The Morgan fingerprint density at radius 3 is 2.50 bits per heavy atom. The maximum atomic E-state index is 15.5. The molecule has 6 nitrogen and oxygen atoms in total. The standard InChI is InChI=1S/C26H22ClF6N3O3S/c1-38-16-7-6-15(19(10-16)39-2)12-36(21-5-3-4-20(29)34-21)40-24-17(28)11-18(22(27)23(24)30)35-9-8-25(13-35,14-37)26(31,32)33/h3-7,10-11,14H,8-9,12-13H2,1-2H3. The Kier molecular flexibility index (Phi) is 8.64. The van der Waals surface area contributed by atoms with E-state index in [9.17, 15) is 22.4 Å². The third-order valence-electron chi connectivity index (χ3n) is 6.49. The highest BCUT2D eigenvalue weighted by Crippen LogP contribution is 2.47. The Balaban J connectivity index is 1.70. The topological polar surface area (TPSA) is 54.9 Å². The first-order valence-electron chi connectivity index (χ1n) is 11.7. The Morgan fingerprint density at radius 2 is 1.90 bits per heavy atom. The van der Waals surface area contributed by atoms with Crippen LogP contribution < -0.4 is 18.7 Å². The molecule has 0 saturated carbocycles. The van der Waals surface area contributed by atoms with Crippen LogP contribution in [0.2, 0.25) is 5.02 Å². The second-order valence-electron chi connectivity index (χ2n) is 8.90. The largest absolute Gasteiger partial charge is 0.497 e. The molecule has 4 rings (SSSR count). The number of hydrogen-bond acceptors (Lipinski definition) is 7. The number of benzene rings is 2. The number of ether oxygens (including phenoxy) is 2. The van der Waals surface area contributed by atoms with Crippen LogP contribution in [0.3, 0.4) is 0 Å². The Labute approximate surface area is 235 Å². The molecule has 0 N–H and O–H groups in total. The summed E-state index contributed by atoms with van der Waals surface area (Å²) < 4.78 is 97.5. The van der Waals surface area contributed by atoms with Gasteiger partial charge < -0.3 is 19.2 Å². The molecular formula is C26H22ClF6N3O3S. The zero-order valence-electron chi connectivity index (χ0n) is 21.1. The second kappa shape index (κ2) is 11.7. The SMILES string of the molecule is COc1ccc(CN(Sc2c(F)cc(N3CCC(C=O)(C(F)(F)F)C3)c(Cl)c2F)c2cccc(F)n2)c(OC)c1. The van der Waals surface area contributed by atoms with Crippen molar-refractivity contribution in [3.8, 4) is 11.5 Å². The van der Waals surface area contributed by atoms with Crippen LogP contribution in [0.1, 0.15) is 12.0 Å². The molecule has 0 radical (unpaired) electrons. The van der Waals surface area contributed by atoms with Crippen molar-refractivity contribution in [2.24, 2.45) is 5.41 Å². The van der Waals surface area contributed by atoms with E-state index < -0.39 is 52.1 Å².